The molecule has 122 valence electrons. The highest BCUT2D eigenvalue weighted by Crippen LogP contribution is 2.21. The second-order valence-electron chi connectivity index (χ2n) is 5.66. The molecule has 1 fully saturated rings. The maximum atomic E-state index is 11.9. The van der Waals surface area contributed by atoms with Crippen molar-refractivity contribution in [1.29, 1.82) is 0 Å². The van der Waals surface area contributed by atoms with Crippen LogP contribution in [0.15, 0.2) is 47.8 Å². The highest BCUT2D eigenvalue weighted by atomic mass is 32.1. The fourth-order valence-electron chi connectivity index (χ4n) is 2.77. The van der Waals surface area contributed by atoms with Gasteiger partial charge in [0.2, 0.25) is 0 Å². The number of morpholine rings is 1. The molecule has 1 amide bonds. The third-order valence-corrected chi connectivity index (χ3v) is 4.87. The van der Waals surface area contributed by atoms with Crippen LogP contribution in [0.4, 0.5) is 0 Å². The molecule has 1 aliphatic heterocycles. The summed E-state index contributed by atoms with van der Waals surface area (Å²) in [6.45, 7) is 4.34. The molecule has 2 aromatic rings. The Morgan fingerprint density at radius 2 is 2.13 bits per heavy atom. The Bertz CT molecular complexity index is 601. The Hall–Kier alpha value is -1.69. The molecule has 4 nitrogen and oxygen atoms in total. The normalized spacial score (nSPS) is 18.7. The molecular weight excluding hydrogens is 308 g/mol. The van der Waals surface area contributed by atoms with E-state index in [4.69, 9.17) is 4.74 Å². The van der Waals surface area contributed by atoms with Gasteiger partial charge in [0.1, 0.15) is 0 Å². The smallest absolute Gasteiger partial charge is 0.261 e. The molecule has 0 saturated carbocycles. The van der Waals surface area contributed by atoms with Crippen LogP contribution in [0.1, 0.15) is 27.8 Å². The first-order chi connectivity index (χ1) is 11.3. The van der Waals surface area contributed by atoms with Gasteiger partial charge in [0.25, 0.3) is 5.91 Å². The number of ether oxygens (including phenoxy) is 1. The lowest BCUT2D eigenvalue weighted by atomic mass is 10.1. The van der Waals surface area contributed by atoms with E-state index < -0.39 is 0 Å². The van der Waals surface area contributed by atoms with Gasteiger partial charge in [0.15, 0.2) is 0 Å². The Labute approximate surface area is 141 Å². The molecule has 1 saturated heterocycles. The van der Waals surface area contributed by atoms with E-state index >= 15 is 0 Å². The minimum Gasteiger partial charge on any atom is -0.371 e. The van der Waals surface area contributed by atoms with E-state index in [9.17, 15) is 4.79 Å². The van der Waals surface area contributed by atoms with E-state index in [1.165, 1.54) is 16.9 Å². The van der Waals surface area contributed by atoms with Crippen molar-refractivity contribution in [2.75, 3.05) is 32.8 Å². The molecule has 1 aromatic heterocycles. The standard InChI is InChI=1S/C18H22N2O2S/c21-18(17-8-4-13-23-17)19-9-5-10-20-11-12-22-16(14-20)15-6-2-1-3-7-15/h1-4,6-8,13,16H,5,9-12,14H2,(H,19,21). The number of rotatable bonds is 6. The first-order valence-corrected chi connectivity index (χ1v) is 8.91. The number of thiophene rings is 1. The molecule has 1 aliphatic rings. The first kappa shape index (κ1) is 16.2. The van der Waals surface area contributed by atoms with Crippen molar-refractivity contribution in [3.8, 4) is 0 Å². The lowest BCUT2D eigenvalue weighted by molar-refractivity contribution is -0.0301. The van der Waals surface area contributed by atoms with Crippen LogP contribution in [-0.2, 0) is 4.74 Å². The van der Waals surface area contributed by atoms with Crippen LogP contribution in [0.3, 0.4) is 0 Å². The van der Waals surface area contributed by atoms with Crippen molar-refractivity contribution >= 4 is 17.2 Å². The second kappa shape index (κ2) is 8.24. The molecule has 0 aliphatic carbocycles. The summed E-state index contributed by atoms with van der Waals surface area (Å²) in [5, 5.41) is 4.90. The van der Waals surface area contributed by atoms with Crippen LogP contribution >= 0.6 is 11.3 Å². The van der Waals surface area contributed by atoms with Crippen LogP contribution in [0.2, 0.25) is 0 Å². The van der Waals surface area contributed by atoms with Gasteiger partial charge in [0, 0.05) is 26.2 Å². The van der Waals surface area contributed by atoms with Crippen molar-refractivity contribution in [3.63, 3.8) is 0 Å². The van der Waals surface area contributed by atoms with Gasteiger partial charge in [-0.05, 0) is 23.4 Å². The highest BCUT2D eigenvalue weighted by molar-refractivity contribution is 7.12. The summed E-state index contributed by atoms with van der Waals surface area (Å²) in [7, 11) is 0. The van der Waals surface area contributed by atoms with Crippen molar-refractivity contribution in [1.82, 2.24) is 10.2 Å². The fourth-order valence-corrected chi connectivity index (χ4v) is 3.41. The van der Waals surface area contributed by atoms with Crippen molar-refractivity contribution in [2.45, 2.75) is 12.5 Å². The van der Waals surface area contributed by atoms with E-state index in [0.29, 0.717) is 6.54 Å². The average Bonchev–Trinajstić information content (AvgIpc) is 3.14. The zero-order chi connectivity index (χ0) is 15.9. The number of nitrogens with zero attached hydrogens (tertiary/aromatic N) is 1. The van der Waals surface area contributed by atoms with Gasteiger partial charge in [0.05, 0.1) is 17.6 Å². The lowest BCUT2D eigenvalue weighted by Gasteiger charge is -2.33. The zero-order valence-electron chi connectivity index (χ0n) is 13.1. The van der Waals surface area contributed by atoms with Crippen LogP contribution in [-0.4, -0.2) is 43.6 Å². The highest BCUT2D eigenvalue weighted by Gasteiger charge is 2.21. The predicted molar refractivity (Wildman–Crippen MR) is 92.8 cm³/mol. The van der Waals surface area contributed by atoms with Crippen molar-refractivity contribution < 1.29 is 9.53 Å². The van der Waals surface area contributed by atoms with Gasteiger partial charge in [-0.3, -0.25) is 9.69 Å². The Morgan fingerprint density at radius 3 is 2.91 bits per heavy atom. The van der Waals surface area contributed by atoms with E-state index in [2.05, 4.69) is 34.5 Å². The summed E-state index contributed by atoms with van der Waals surface area (Å²) < 4.78 is 5.88. The third kappa shape index (κ3) is 4.64. The van der Waals surface area contributed by atoms with Crippen LogP contribution in [0, 0.1) is 0 Å². The molecule has 0 bridgehead atoms. The Morgan fingerprint density at radius 1 is 1.26 bits per heavy atom. The largest absolute Gasteiger partial charge is 0.371 e. The molecule has 5 heteroatoms. The summed E-state index contributed by atoms with van der Waals surface area (Å²) in [6.07, 6.45) is 1.11. The SMILES string of the molecule is O=C(NCCCN1CCOC(c2ccccc2)C1)c1cccs1. The summed E-state index contributed by atoms with van der Waals surface area (Å²) in [4.78, 5) is 15.1. The number of hydrogen-bond donors (Lipinski definition) is 1. The van der Waals surface area contributed by atoms with Gasteiger partial charge in [-0.25, -0.2) is 0 Å². The predicted octanol–water partition coefficient (Wildman–Crippen LogP) is 2.94. The van der Waals surface area contributed by atoms with E-state index in [0.717, 1.165) is 37.5 Å². The van der Waals surface area contributed by atoms with E-state index in [1.54, 1.807) is 0 Å². The van der Waals surface area contributed by atoms with Crippen LogP contribution < -0.4 is 5.32 Å². The number of benzene rings is 1. The second-order valence-corrected chi connectivity index (χ2v) is 6.61. The number of carbonyl (C=O) groups excluding carboxylic acids is 1. The fraction of sp³-hybridized carbons (Fsp3) is 0.389. The van der Waals surface area contributed by atoms with E-state index in [1.807, 2.05) is 23.6 Å². The van der Waals surface area contributed by atoms with Gasteiger partial charge in [-0.15, -0.1) is 11.3 Å². The molecule has 0 spiro atoms. The molecule has 1 unspecified atom stereocenters. The molecular formula is C18H22N2O2S. The third-order valence-electron chi connectivity index (χ3n) is 4.00. The molecule has 1 aromatic carbocycles. The Kier molecular flexibility index (Phi) is 5.80. The van der Waals surface area contributed by atoms with Crippen LogP contribution in [0.25, 0.3) is 0 Å². The monoisotopic (exact) mass is 330 g/mol. The van der Waals surface area contributed by atoms with Gasteiger partial charge >= 0.3 is 0 Å². The minimum absolute atomic E-state index is 0.0316. The number of amides is 1. The Balaban J connectivity index is 1.39. The first-order valence-electron chi connectivity index (χ1n) is 8.03. The average molecular weight is 330 g/mol. The number of nitrogens with one attached hydrogen (secondary N) is 1. The summed E-state index contributed by atoms with van der Waals surface area (Å²) in [5.74, 6) is 0.0316. The molecule has 23 heavy (non-hydrogen) atoms. The van der Waals surface area contributed by atoms with Crippen molar-refractivity contribution in [2.24, 2.45) is 0 Å². The maximum absolute atomic E-state index is 11.9. The molecule has 1 atom stereocenters. The van der Waals surface area contributed by atoms with Crippen molar-refractivity contribution in [3.05, 3.63) is 58.3 Å². The quantitative estimate of drug-likeness (QED) is 0.828. The molecule has 2 heterocycles. The van der Waals surface area contributed by atoms with Crippen LogP contribution in [0.5, 0.6) is 0 Å². The number of hydrogen-bond acceptors (Lipinski definition) is 4. The minimum atomic E-state index is 0.0316. The zero-order valence-corrected chi connectivity index (χ0v) is 13.9. The maximum Gasteiger partial charge on any atom is 0.261 e. The van der Waals surface area contributed by atoms with Gasteiger partial charge in [-0.2, -0.15) is 0 Å². The topological polar surface area (TPSA) is 41.6 Å². The van der Waals surface area contributed by atoms with E-state index in [-0.39, 0.29) is 12.0 Å². The summed E-state index contributed by atoms with van der Waals surface area (Å²) in [5.41, 5.74) is 1.24. The summed E-state index contributed by atoms with van der Waals surface area (Å²) in [6, 6.07) is 14.1. The number of carbonyl (C=O) groups is 1. The van der Waals surface area contributed by atoms with Gasteiger partial charge in [-0.1, -0.05) is 36.4 Å². The molecule has 0 radical (unpaired) electrons. The van der Waals surface area contributed by atoms with Gasteiger partial charge < -0.3 is 10.1 Å². The lowest BCUT2D eigenvalue weighted by Crippen LogP contribution is -2.39. The molecule has 3 rings (SSSR count). The summed E-state index contributed by atoms with van der Waals surface area (Å²) >= 11 is 1.48. The molecule has 1 N–H and O–H groups in total.